The molecule has 2 saturated carbocycles. The fourth-order valence-electron chi connectivity index (χ4n) is 5.17. The van der Waals surface area contributed by atoms with Gasteiger partial charge in [-0.25, -0.2) is 4.79 Å². The smallest absolute Gasteiger partial charge is 0.410 e. The van der Waals surface area contributed by atoms with Crippen LogP contribution < -0.4 is 0 Å². The minimum absolute atomic E-state index is 0.114. The zero-order valence-electron chi connectivity index (χ0n) is 14.9. The van der Waals surface area contributed by atoms with E-state index in [2.05, 4.69) is 0 Å². The van der Waals surface area contributed by atoms with E-state index in [0.29, 0.717) is 32.2 Å². The molecule has 3 atom stereocenters. The van der Waals surface area contributed by atoms with Crippen molar-refractivity contribution in [2.45, 2.75) is 83.0 Å². The largest absolute Gasteiger partial charge is 0.481 e. The average Bonchev–Trinajstić information content (AvgIpc) is 2.93. The van der Waals surface area contributed by atoms with Gasteiger partial charge in [-0.1, -0.05) is 12.8 Å². The van der Waals surface area contributed by atoms with E-state index in [9.17, 15) is 19.8 Å². The molecule has 6 nitrogen and oxygen atoms in total. The van der Waals surface area contributed by atoms with Gasteiger partial charge in [0, 0.05) is 6.54 Å². The highest BCUT2D eigenvalue weighted by atomic mass is 16.6. The molecule has 0 spiro atoms. The molecule has 2 aliphatic carbocycles. The third-order valence-corrected chi connectivity index (χ3v) is 6.13. The molecule has 2 saturated heterocycles. The fourth-order valence-corrected chi connectivity index (χ4v) is 5.17. The van der Waals surface area contributed by atoms with Gasteiger partial charge < -0.3 is 19.8 Å². The highest BCUT2D eigenvalue weighted by molar-refractivity contribution is 5.80. The predicted octanol–water partition coefficient (Wildman–Crippen LogP) is 2.78. The molecule has 6 heteroatoms. The minimum atomic E-state index is -1.26. The van der Waals surface area contributed by atoms with Crippen LogP contribution >= 0.6 is 0 Å². The molecule has 3 unspecified atom stereocenters. The van der Waals surface area contributed by atoms with Crippen LogP contribution in [-0.2, 0) is 9.53 Å². The Morgan fingerprint density at radius 3 is 2.29 bits per heavy atom. The zero-order valence-corrected chi connectivity index (χ0v) is 14.9. The molecule has 0 aromatic heterocycles. The van der Waals surface area contributed by atoms with Gasteiger partial charge >= 0.3 is 12.1 Å². The molecule has 1 amide bonds. The third-order valence-electron chi connectivity index (χ3n) is 6.13. The van der Waals surface area contributed by atoms with Crippen LogP contribution in [0.1, 0.15) is 65.7 Å². The standard InChI is InChI=1S/C18H29NO5/c1-16(2,3)24-15(22)19-11-12-6-7-13(19)18(10-12,14(20)21)17(23)8-4-5-9-17/h12-13,23H,4-11H2,1-3H3,(H,20,21). The number of hydrogen-bond donors (Lipinski definition) is 2. The van der Waals surface area contributed by atoms with Gasteiger partial charge in [0.2, 0.25) is 0 Å². The first-order chi connectivity index (χ1) is 11.1. The van der Waals surface area contributed by atoms with E-state index >= 15 is 0 Å². The van der Waals surface area contributed by atoms with Gasteiger partial charge in [0.1, 0.15) is 11.0 Å². The second-order valence-electron chi connectivity index (χ2n) is 8.81. The van der Waals surface area contributed by atoms with Crippen molar-refractivity contribution in [1.29, 1.82) is 0 Å². The number of carboxylic acid groups (broad SMARTS) is 1. The van der Waals surface area contributed by atoms with Gasteiger partial charge in [-0.05, 0) is 58.8 Å². The summed E-state index contributed by atoms with van der Waals surface area (Å²) < 4.78 is 5.51. The topological polar surface area (TPSA) is 87.1 Å². The lowest BCUT2D eigenvalue weighted by molar-refractivity contribution is -0.202. The molecule has 4 fully saturated rings. The van der Waals surface area contributed by atoms with E-state index in [-0.39, 0.29) is 5.92 Å². The Kier molecular flexibility index (Phi) is 4.10. The molecule has 2 heterocycles. The molecule has 2 aliphatic heterocycles. The van der Waals surface area contributed by atoms with Crippen LogP contribution in [0, 0.1) is 11.3 Å². The summed E-state index contributed by atoms with van der Waals surface area (Å²) in [6.45, 7) is 5.96. The Labute approximate surface area is 143 Å². The van der Waals surface area contributed by atoms with Gasteiger partial charge in [-0.3, -0.25) is 4.79 Å². The van der Waals surface area contributed by atoms with E-state index < -0.39 is 34.7 Å². The van der Waals surface area contributed by atoms with E-state index in [4.69, 9.17) is 4.74 Å². The van der Waals surface area contributed by atoms with Crippen molar-refractivity contribution in [1.82, 2.24) is 4.90 Å². The lowest BCUT2D eigenvalue weighted by atomic mass is 9.54. The maximum atomic E-state index is 12.7. The van der Waals surface area contributed by atoms with E-state index in [1.807, 2.05) is 20.8 Å². The Morgan fingerprint density at radius 2 is 1.79 bits per heavy atom. The van der Waals surface area contributed by atoms with Crippen LogP contribution in [0.4, 0.5) is 4.79 Å². The van der Waals surface area contributed by atoms with Crippen LogP contribution in [0.3, 0.4) is 0 Å². The first-order valence-corrected chi connectivity index (χ1v) is 9.04. The number of aliphatic hydroxyl groups is 1. The van der Waals surface area contributed by atoms with Crippen molar-refractivity contribution in [2.24, 2.45) is 11.3 Å². The van der Waals surface area contributed by atoms with Crippen molar-refractivity contribution < 1.29 is 24.5 Å². The summed E-state index contributed by atoms with van der Waals surface area (Å²) in [5.74, 6) is -0.849. The number of ether oxygens (including phenoxy) is 1. The Morgan fingerprint density at radius 1 is 1.17 bits per heavy atom. The molecule has 136 valence electrons. The third kappa shape index (κ3) is 2.59. The number of aliphatic carboxylic acids is 1. The number of amides is 1. The number of carbonyl (C=O) groups excluding carboxylic acids is 1. The molecule has 0 aromatic carbocycles. The van der Waals surface area contributed by atoms with Gasteiger partial charge in [0.25, 0.3) is 0 Å². The number of carbonyl (C=O) groups is 2. The summed E-state index contributed by atoms with van der Waals surface area (Å²) in [7, 11) is 0. The van der Waals surface area contributed by atoms with E-state index in [1.54, 1.807) is 4.90 Å². The van der Waals surface area contributed by atoms with Gasteiger partial charge in [-0.2, -0.15) is 0 Å². The van der Waals surface area contributed by atoms with Crippen LogP contribution in [0.25, 0.3) is 0 Å². The Bertz CT molecular complexity index is 534. The second-order valence-corrected chi connectivity index (χ2v) is 8.81. The number of hydrogen-bond acceptors (Lipinski definition) is 4. The van der Waals surface area contributed by atoms with Gasteiger partial charge in [0.15, 0.2) is 0 Å². The molecule has 4 rings (SSSR count). The van der Waals surface area contributed by atoms with Crippen molar-refractivity contribution in [3.63, 3.8) is 0 Å². The van der Waals surface area contributed by atoms with Crippen LogP contribution in [0.5, 0.6) is 0 Å². The normalized spacial score (nSPS) is 35.1. The first-order valence-electron chi connectivity index (χ1n) is 9.04. The number of rotatable bonds is 2. The van der Waals surface area contributed by atoms with Crippen LogP contribution in [0.2, 0.25) is 0 Å². The summed E-state index contributed by atoms with van der Waals surface area (Å²) in [6.07, 6.45) is 4.24. The first kappa shape index (κ1) is 17.5. The van der Waals surface area contributed by atoms with Crippen LogP contribution in [-0.4, -0.2) is 51.0 Å². The summed E-state index contributed by atoms with van der Waals surface area (Å²) >= 11 is 0. The predicted molar refractivity (Wildman–Crippen MR) is 87.6 cm³/mol. The lowest BCUT2D eigenvalue weighted by Gasteiger charge is -2.59. The van der Waals surface area contributed by atoms with Gasteiger partial charge in [-0.15, -0.1) is 0 Å². The number of carboxylic acids is 1. The average molecular weight is 339 g/mol. The highest BCUT2D eigenvalue weighted by Crippen LogP contribution is 2.57. The molecule has 24 heavy (non-hydrogen) atoms. The zero-order chi connectivity index (χ0) is 17.8. The maximum Gasteiger partial charge on any atom is 0.410 e. The highest BCUT2D eigenvalue weighted by Gasteiger charge is 2.67. The molecule has 4 aliphatic rings. The quantitative estimate of drug-likeness (QED) is 0.808. The van der Waals surface area contributed by atoms with Gasteiger partial charge in [0.05, 0.1) is 11.6 Å². The van der Waals surface area contributed by atoms with Crippen molar-refractivity contribution in [3.8, 4) is 0 Å². The Balaban J connectivity index is 1.96. The molecule has 0 radical (unpaired) electrons. The van der Waals surface area contributed by atoms with Crippen molar-refractivity contribution in [3.05, 3.63) is 0 Å². The summed E-state index contributed by atoms with van der Waals surface area (Å²) in [5, 5.41) is 21.4. The number of nitrogens with zero attached hydrogens (tertiary/aromatic N) is 1. The summed E-state index contributed by atoms with van der Waals surface area (Å²) in [4.78, 5) is 26.6. The minimum Gasteiger partial charge on any atom is -0.481 e. The molecule has 2 N–H and O–H groups in total. The monoisotopic (exact) mass is 339 g/mol. The Hall–Kier alpha value is -1.30. The van der Waals surface area contributed by atoms with Crippen molar-refractivity contribution >= 4 is 12.1 Å². The molecule has 2 bridgehead atoms. The maximum absolute atomic E-state index is 12.7. The number of fused-ring (bicyclic) bond motifs is 3. The van der Waals surface area contributed by atoms with E-state index in [0.717, 1.165) is 19.3 Å². The lowest BCUT2D eigenvalue weighted by Crippen LogP contribution is -2.70. The summed E-state index contributed by atoms with van der Waals surface area (Å²) in [5.41, 5.74) is -3.10. The van der Waals surface area contributed by atoms with Crippen LogP contribution in [0.15, 0.2) is 0 Å². The SMILES string of the molecule is CC(C)(C)OC(=O)N1CC2CCC1C(C(=O)O)(C1(O)CCCC1)C2. The number of piperidine rings is 2. The molecular formula is C18H29NO5. The fraction of sp³-hybridized carbons (Fsp3) is 0.889. The molecular weight excluding hydrogens is 310 g/mol. The van der Waals surface area contributed by atoms with Crippen molar-refractivity contribution in [2.75, 3.05) is 6.54 Å². The van der Waals surface area contributed by atoms with E-state index in [1.165, 1.54) is 0 Å². The molecule has 0 aromatic rings. The second kappa shape index (κ2) is 5.61. The summed E-state index contributed by atoms with van der Waals surface area (Å²) in [6, 6.07) is -0.488.